The van der Waals surface area contributed by atoms with Gasteiger partial charge in [0.15, 0.2) is 0 Å². The van der Waals surface area contributed by atoms with Gasteiger partial charge in [-0.2, -0.15) is 0 Å². The lowest BCUT2D eigenvalue weighted by Gasteiger charge is -2.21. The van der Waals surface area contributed by atoms with Crippen molar-refractivity contribution in [3.05, 3.63) is 24.3 Å². The summed E-state index contributed by atoms with van der Waals surface area (Å²) in [5.74, 6) is 0.614. The molecule has 2 N–H and O–H groups in total. The van der Waals surface area contributed by atoms with Gasteiger partial charge < -0.3 is 10.5 Å². The molecule has 0 spiro atoms. The maximum absolute atomic E-state index is 11.6. The molecular formula is C10H16N2O3S. The first-order chi connectivity index (χ1) is 7.49. The van der Waals surface area contributed by atoms with Gasteiger partial charge in [0.05, 0.1) is 19.1 Å². The third-order valence-corrected chi connectivity index (χ3v) is 3.27. The molecule has 0 aliphatic rings. The predicted molar refractivity (Wildman–Crippen MR) is 64.2 cm³/mol. The maximum Gasteiger partial charge on any atom is 0.232 e. The minimum absolute atomic E-state index is 0.256. The van der Waals surface area contributed by atoms with Crippen LogP contribution in [-0.4, -0.2) is 34.9 Å². The lowest BCUT2D eigenvalue weighted by molar-refractivity contribution is 0.415. The summed E-state index contributed by atoms with van der Waals surface area (Å²) < 4.78 is 29.4. The van der Waals surface area contributed by atoms with Crippen molar-refractivity contribution in [3.8, 4) is 5.75 Å². The summed E-state index contributed by atoms with van der Waals surface area (Å²) in [5, 5.41) is 0. The average Bonchev–Trinajstić information content (AvgIpc) is 2.24. The Morgan fingerprint density at radius 1 is 1.44 bits per heavy atom. The SMILES string of the molecule is COc1cccc(N(CCN)S(C)(=O)=O)c1. The molecule has 0 amide bonds. The lowest BCUT2D eigenvalue weighted by atomic mass is 10.3. The second-order valence-corrected chi connectivity index (χ2v) is 5.23. The minimum Gasteiger partial charge on any atom is -0.497 e. The van der Waals surface area contributed by atoms with E-state index < -0.39 is 10.0 Å². The molecule has 0 bridgehead atoms. The van der Waals surface area contributed by atoms with Crippen LogP contribution in [0.2, 0.25) is 0 Å². The molecule has 0 aliphatic carbocycles. The summed E-state index contributed by atoms with van der Waals surface area (Å²) in [4.78, 5) is 0. The van der Waals surface area contributed by atoms with Gasteiger partial charge in [-0.3, -0.25) is 4.31 Å². The summed E-state index contributed by atoms with van der Waals surface area (Å²) in [6, 6.07) is 6.87. The number of sulfonamides is 1. The Labute approximate surface area is 95.9 Å². The molecule has 5 nitrogen and oxygen atoms in total. The van der Waals surface area contributed by atoms with Crippen LogP contribution in [0.25, 0.3) is 0 Å². The van der Waals surface area contributed by atoms with Crippen LogP contribution in [0.15, 0.2) is 24.3 Å². The zero-order chi connectivity index (χ0) is 12.2. The van der Waals surface area contributed by atoms with Crippen molar-refractivity contribution in [1.82, 2.24) is 0 Å². The Kier molecular flexibility index (Phi) is 4.14. The molecule has 90 valence electrons. The Morgan fingerprint density at radius 2 is 2.12 bits per heavy atom. The van der Waals surface area contributed by atoms with Crippen molar-refractivity contribution >= 4 is 15.7 Å². The van der Waals surface area contributed by atoms with E-state index in [0.717, 1.165) is 6.26 Å². The van der Waals surface area contributed by atoms with E-state index in [-0.39, 0.29) is 13.1 Å². The van der Waals surface area contributed by atoms with Crippen molar-refractivity contribution in [2.24, 2.45) is 5.73 Å². The van der Waals surface area contributed by atoms with Crippen LogP contribution >= 0.6 is 0 Å². The monoisotopic (exact) mass is 244 g/mol. The fourth-order valence-electron chi connectivity index (χ4n) is 1.37. The van der Waals surface area contributed by atoms with Crippen LogP contribution in [0.3, 0.4) is 0 Å². The van der Waals surface area contributed by atoms with Crippen LogP contribution in [-0.2, 0) is 10.0 Å². The van der Waals surface area contributed by atoms with E-state index in [4.69, 9.17) is 10.5 Å². The number of nitrogens with zero attached hydrogens (tertiary/aromatic N) is 1. The van der Waals surface area contributed by atoms with E-state index in [1.54, 1.807) is 24.3 Å². The highest BCUT2D eigenvalue weighted by molar-refractivity contribution is 7.92. The quantitative estimate of drug-likeness (QED) is 0.814. The Hall–Kier alpha value is -1.27. The number of hydrogen-bond acceptors (Lipinski definition) is 4. The number of ether oxygens (including phenoxy) is 1. The van der Waals surface area contributed by atoms with Crippen molar-refractivity contribution in [2.75, 3.05) is 30.8 Å². The lowest BCUT2D eigenvalue weighted by Crippen LogP contribution is -2.34. The van der Waals surface area contributed by atoms with Gasteiger partial charge in [-0.05, 0) is 12.1 Å². The number of methoxy groups -OCH3 is 1. The van der Waals surface area contributed by atoms with Gasteiger partial charge in [-0.15, -0.1) is 0 Å². The first-order valence-corrected chi connectivity index (χ1v) is 6.65. The molecule has 0 unspecified atom stereocenters. The van der Waals surface area contributed by atoms with Gasteiger partial charge in [0.1, 0.15) is 5.75 Å². The standard InChI is InChI=1S/C10H16N2O3S/c1-15-10-5-3-4-9(8-10)12(7-6-11)16(2,13)14/h3-5,8H,6-7,11H2,1-2H3. The molecule has 0 aromatic heterocycles. The fourth-order valence-corrected chi connectivity index (χ4v) is 2.30. The van der Waals surface area contributed by atoms with Gasteiger partial charge in [-0.25, -0.2) is 8.42 Å². The highest BCUT2D eigenvalue weighted by atomic mass is 32.2. The summed E-state index contributed by atoms with van der Waals surface area (Å²) in [6.07, 6.45) is 1.15. The molecule has 16 heavy (non-hydrogen) atoms. The third-order valence-electron chi connectivity index (χ3n) is 2.07. The molecular weight excluding hydrogens is 228 g/mol. The van der Waals surface area contributed by atoms with Gasteiger partial charge in [0, 0.05) is 19.2 Å². The maximum atomic E-state index is 11.6. The zero-order valence-electron chi connectivity index (χ0n) is 9.38. The topological polar surface area (TPSA) is 72.6 Å². The molecule has 1 rings (SSSR count). The minimum atomic E-state index is -3.31. The molecule has 0 atom stereocenters. The molecule has 0 saturated heterocycles. The van der Waals surface area contributed by atoms with Crippen LogP contribution < -0.4 is 14.8 Å². The summed E-state index contributed by atoms with van der Waals surface area (Å²) >= 11 is 0. The number of anilines is 1. The van der Waals surface area contributed by atoms with E-state index in [0.29, 0.717) is 11.4 Å². The van der Waals surface area contributed by atoms with E-state index in [9.17, 15) is 8.42 Å². The normalized spacial score (nSPS) is 11.2. The Balaban J connectivity index is 3.11. The first-order valence-electron chi connectivity index (χ1n) is 4.81. The van der Waals surface area contributed by atoms with E-state index in [1.807, 2.05) is 0 Å². The van der Waals surface area contributed by atoms with Gasteiger partial charge in [0.2, 0.25) is 10.0 Å². The summed E-state index contributed by atoms with van der Waals surface area (Å²) in [5.41, 5.74) is 5.96. The predicted octanol–water partition coefficient (Wildman–Crippen LogP) is 0.420. The van der Waals surface area contributed by atoms with Crippen LogP contribution in [0.4, 0.5) is 5.69 Å². The average molecular weight is 244 g/mol. The zero-order valence-corrected chi connectivity index (χ0v) is 10.2. The van der Waals surface area contributed by atoms with E-state index in [2.05, 4.69) is 0 Å². The van der Waals surface area contributed by atoms with E-state index in [1.165, 1.54) is 11.4 Å². The van der Waals surface area contributed by atoms with E-state index >= 15 is 0 Å². The molecule has 6 heteroatoms. The smallest absolute Gasteiger partial charge is 0.232 e. The number of rotatable bonds is 5. The van der Waals surface area contributed by atoms with Crippen LogP contribution in [0.1, 0.15) is 0 Å². The Morgan fingerprint density at radius 3 is 2.62 bits per heavy atom. The largest absolute Gasteiger partial charge is 0.497 e. The van der Waals surface area contributed by atoms with Crippen molar-refractivity contribution in [1.29, 1.82) is 0 Å². The first kappa shape index (κ1) is 12.8. The Bertz CT molecular complexity index is 445. The molecule has 0 heterocycles. The van der Waals surface area contributed by atoms with Crippen LogP contribution in [0.5, 0.6) is 5.75 Å². The van der Waals surface area contributed by atoms with Crippen molar-refractivity contribution in [2.45, 2.75) is 0 Å². The van der Waals surface area contributed by atoms with Crippen molar-refractivity contribution in [3.63, 3.8) is 0 Å². The number of hydrogen-bond donors (Lipinski definition) is 1. The number of benzene rings is 1. The number of nitrogens with two attached hydrogens (primary N) is 1. The highest BCUT2D eigenvalue weighted by Crippen LogP contribution is 2.22. The molecule has 1 aromatic carbocycles. The third kappa shape index (κ3) is 3.11. The molecule has 1 aromatic rings. The van der Waals surface area contributed by atoms with Gasteiger partial charge in [-0.1, -0.05) is 6.07 Å². The summed E-state index contributed by atoms with van der Waals surface area (Å²) in [7, 11) is -1.77. The highest BCUT2D eigenvalue weighted by Gasteiger charge is 2.16. The summed E-state index contributed by atoms with van der Waals surface area (Å²) in [6.45, 7) is 0.524. The van der Waals surface area contributed by atoms with Crippen LogP contribution in [0, 0.1) is 0 Å². The van der Waals surface area contributed by atoms with Gasteiger partial charge in [0.25, 0.3) is 0 Å². The second kappa shape index (κ2) is 5.18. The molecule has 0 saturated carbocycles. The van der Waals surface area contributed by atoms with Crippen molar-refractivity contribution < 1.29 is 13.2 Å². The molecule has 0 radical (unpaired) electrons. The molecule has 0 aliphatic heterocycles. The fraction of sp³-hybridized carbons (Fsp3) is 0.400. The molecule has 0 fully saturated rings. The van der Waals surface area contributed by atoms with Gasteiger partial charge >= 0.3 is 0 Å². The second-order valence-electron chi connectivity index (χ2n) is 3.33.